The molecule has 8 heteroatoms. The van der Waals surface area contributed by atoms with Crippen molar-refractivity contribution in [1.29, 1.82) is 0 Å². The summed E-state index contributed by atoms with van der Waals surface area (Å²) in [5.41, 5.74) is 0.330. The Morgan fingerprint density at radius 1 is 1.19 bits per heavy atom. The van der Waals surface area contributed by atoms with Gasteiger partial charge in [0.1, 0.15) is 12.4 Å². The SMILES string of the molecule is COc1ccc2[nH]c(=O)c(COC(=O)c3cccc([N+](=O)[O-])c3)cc2c1. The molecule has 0 amide bonds. The van der Waals surface area contributed by atoms with Gasteiger partial charge in [0.25, 0.3) is 11.2 Å². The molecule has 2 aromatic carbocycles. The van der Waals surface area contributed by atoms with Gasteiger partial charge in [-0.2, -0.15) is 0 Å². The van der Waals surface area contributed by atoms with Gasteiger partial charge in [0.2, 0.25) is 0 Å². The number of carbonyl (C=O) groups excluding carboxylic acids is 1. The number of non-ortho nitro benzene ring substituents is 1. The van der Waals surface area contributed by atoms with E-state index in [0.717, 1.165) is 11.5 Å². The standard InChI is InChI=1S/C18H14N2O6/c1-25-15-5-6-16-12(9-15)7-13(17(21)19-16)10-26-18(22)11-3-2-4-14(8-11)20(23)24/h2-9H,10H2,1H3,(H,19,21). The summed E-state index contributed by atoms with van der Waals surface area (Å²) in [5.74, 6) is -0.122. The Morgan fingerprint density at radius 2 is 2.00 bits per heavy atom. The molecule has 132 valence electrons. The van der Waals surface area contributed by atoms with E-state index >= 15 is 0 Å². The van der Waals surface area contributed by atoms with Gasteiger partial charge in [-0.15, -0.1) is 0 Å². The van der Waals surface area contributed by atoms with E-state index in [-0.39, 0.29) is 29.0 Å². The van der Waals surface area contributed by atoms with Crippen molar-refractivity contribution in [1.82, 2.24) is 4.98 Å². The fourth-order valence-electron chi connectivity index (χ4n) is 2.44. The average molecular weight is 354 g/mol. The van der Waals surface area contributed by atoms with Gasteiger partial charge in [0.15, 0.2) is 0 Å². The van der Waals surface area contributed by atoms with Gasteiger partial charge in [0, 0.05) is 23.0 Å². The first-order valence-corrected chi connectivity index (χ1v) is 7.59. The quantitative estimate of drug-likeness (QED) is 0.428. The number of esters is 1. The first-order chi connectivity index (χ1) is 12.5. The summed E-state index contributed by atoms with van der Waals surface area (Å²) in [6.45, 7) is -0.260. The van der Waals surface area contributed by atoms with E-state index in [0.29, 0.717) is 11.3 Å². The number of methoxy groups -OCH3 is 1. The molecule has 1 N–H and O–H groups in total. The highest BCUT2D eigenvalue weighted by molar-refractivity contribution is 5.90. The Bertz CT molecular complexity index is 1060. The number of aromatic amines is 1. The molecule has 1 heterocycles. The third-order valence-corrected chi connectivity index (χ3v) is 3.78. The van der Waals surface area contributed by atoms with Crippen molar-refractivity contribution in [2.45, 2.75) is 6.61 Å². The molecule has 8 nitrogen and oxygen atoms in total. The molecule has 0 aliphatic heterocycles. The van der Waals surface area contributed by atoms with Crippen molar-refractivity contribution < 1.29 is 19.2 Å². The second-order valence-electron chi connectivity index (χ2n) is 5.46. The number of fused-ring (bicyclic) bond motifs is 1. The molecule has 0 radical (unpaired) electrons. The zero-order chi connectivity index (χ0) is 18.7. The summed E-state index contributed by atoms with van der Waals surface area (Å²) in [7, 11) is 1.54. The van der Waals surface area contributed by atoms with Crippen molar-refractivity contribution >= 4 is 22.6 Å². The van der Waals surface area contributed by atoms with Crippen LogP contribution in [0.2, 0.25) is 0 Å². The van der Waals surface area contributed by atoms with E-state index < -0.39 is 10.9 Å². The van der Waals surface area contributed by atoms with E-state index in [1.54, 1.807) is 24.3 Å². The highest BCUT2D eigenvalue weighted by Crippen LogP contribution is 2.19. The Hall–Kier alpha value is -3.68. The maximum atomic E-state index is 12.1. The third-order valence-electron chi connectivity index (χ3n) is 3.78. The molecule has 0 saturated heterocycles. The van der Waals surface area contributed by atoms with Crippen LogP contribution in [0.1, 0.15) is 15.9 Å². The Morgan fingerprint density at radius 3 is 2.73 bits per heavy atom. The highest BCUT2D eigenvalue weighted by atomic mass is 16.6. The van der Waals surface area contributed by atoms with Gasteiger partial charge in [-0.05, 0) is 30.3 Å². The van der Waals surface area contributed by atoms with E-state index in [1.165, 1.54) is 25.3 Å². The van der Waals surface area contributed by atoms with E-state index in [1.807, 2.05) is 0 Å². The van der Waals surface area contributed by atoms with Gasteiger partial charge in [0.05, 0.1) is 23.2 Å². The number of hydrogen-bond acceptors (Lipinski definition) is 6. The van der Waals surface area contributed by atoms with Gasteiger partial charge in [-0.3, -0.25) is 14.9 Å². The van der Waals surface area contributed by atoms with E-state index in [4.69, 9.17) is 9.47 Å². The molecule has 0 aliphatic rings. The summed E-state index contributed by atoms with van der Waals surface area (Å²) in [6, 6.07) is 12.0. The molecule has 0 fully saturated rings. The van der Waals surface area contributed by atoms with Crippen LogP contribution in [0.5, 0.6) is 5.75 Å². The molecule has 0 atom stereocenters. The summed E-state index contributed by atoms with van der Waals surface area (Å²) in [6.07, 6.45) is 0. The smallest absolute Gasteiger partial charge is 0.338 e. The minimum Gasteiger partial charge on any atom is -0.497 e. The normalized spacial score (nSPS) is 10.5. The predicted molar refractivity (Wildman–Crippen MR) is 93.3 cm³/mol. The van der Waals surface area contributed by atoms with Gasteiger partial charge in [-0.1, -0.05) is 6.07 Å². The van der Waals surface area contributed by atoms with Crippen LogP contribution in [-0.2, 0) is 11.3 Å². The topological polar surface area (TPSA) is 112 Å². The molecular weight excluding hydrogens is 340 g/mol. The number of pyridine rings is 1. The van der Waals surface area contributed by atoms with Crippen LogP contribution in [0.15, 0.2) is 53.3 Å². The monoisotopic (exact) mass is 354 g/mol. The number of benzene rings is 2. The molecule has 0 unspecified atom stereocenters. The average Bonchev–Trinajstić information content (AvgIpc) is 2.65. The summed E-state index contributed by atoms with van der Waals surface area (Å²) < 4.78 is 10.3. The number of nitrogens with one attached hydrogen (secondary N) is 1. The van der Waals surface area contributed by atoms with Crippen molar-refractivity contribution in [2.75, 3.05) is 7.11 Å². The zero-order valence-corrected chi connectivity index (χ0v) is 13.7. The van der Waals surface area contributed by atoms with Crippen molar-refractivity contribution in [3.63, 3.8) is 0 Å². The molecule has 0 saturated carbocycles. The first-order valence-electron chi connectivity index (χ1n) is 7.59. The molecule has 1 aromatic heterocycles. The number of rotatable bonds is 5. The number of nitro benzene ring substituents is 1. The third kappa shape index (κ3) is 3.54. The largest absolute Gasteiger partial charge is 0.497 e. The van der Waals surface area contributed by atoms with Crippen molar-refractivity contribution in [3.05, 3.63) is 80.1 Å². The molecule has 0 aliphatic carbocycles. The summed E-state index contributed by atoms with van der Waals surface area (Å²) >= 11 is 0. The lowest BCUT2D eigenvalue weighted by atomic mass is 10.1. The van der Waals surface area contributed by atoms with Crippen molar-refractivity contribution in [2.24, 2.45) is 0 Å². The lowest BCUT2D eigenvalue weighted by Crippen LogP contribution is -2.15. The maximum absolute atomic E-state index is 12.1. The van der Waals surface area contributed by atoms with Crippen LogP contribution in [0.3, 0.4) is 0 Å². The second-order valence-corrected chi connectivity index (χ2v) is 5.46. The lowest BCUT2D eigenvalue weighted by molar-refractivity contribution is -0.384. The number of H-pyrrole nitrogens is 1. The van der Waals surface area contributed by atoms with Crippen LogP contribution in [0.4, 0.5) is 5.69 Å². The van der Waals surface area contributed by atoms with E-state index in [2.05, 4.69) is 4.98 Å². The van der Waals surface area contributed by atoms with Crippen LogP contribution in [-0.4, -0.2) is 23.0 Å². The lowest BCUT2D eigenvalue weighted by Gasteiger charge is -2.07. The first kappa shape index (κ1) is 17.2. The number of ether oxygens (including phenoxy) is 2. The van der Waals surface area contributed by atoms with Gasteiger partial charge in [-0.25, -0.2) is 4.79 Å². The second kappa shape index (κ2) is 7.06. The Kier molecular flexibility index (Phi) is 4.66. The molecule has 0 bridgehead atoms. The number of hydrogen-bond donors (Lipinski definition) is 1. The molecule has 3 rings (SSSR count). The van der Waals surface area contributed by atoms with Crippen LogP contribution in [0, 0.1) is 10.1 Å². The van der Waals surface area contributed by atoms with Crippen LogP contribution in [0.25, 0.3) is 10.9 Å². The van der Waals surface area contributed by atoms with Crippen LogP contribution < -0.4 is 10.3 Å². The zero-order valence-electron chi connectivity index (χ0n) is 13.7. The predicted octanol–water partition coefficient (Wildman–Crippen LogP) is 2.80. The maximum Gasteiger partial charge on any atom is 0.338 e. The Labute approximate surface area is 147 Å². The fraction of sp³-hybridized carbons (Fsp3) is 0.111. The number of aromatic nitrogens is 1. The number of nitro groups is 1. The van der Waals surface area contributed by atoms with Gasteiger partial charge < -0.3 is 14.5 Å². The van der Waals surface area contributed by atoms with E-state index in [9.17, 15) is 19.7 Å². The summed E-state index contributed by atoms with van der Waals surface area (Å²) in [4.78, 5) is 37.1. The summed E-state index contributed by atoms with van der Waals surface area (Å²) in [5, 5.41) is 11.5. The Balaban J connectivity index is 1.81. The fourth-order valence-corrected chi connectivity index (χ4v) is 2.44. The minimum atomic E-state index is -0.751. The van der Waals surface area contributed by atoms with Crippen molar-refractivity contribution in [3.8, 4) is 5.75 Å². The number of nitrogens with zero attached hydrogens (tertiary/aromatic N) is 1. The highest BCUT2D eigenvalue weighted by Gasteiger charge is 2.14. The molecule has 26 heavy (non-hydrogen) atoms. The molecule has 3 aromatic rings. The molecular formula is C18H14N2O6. The number of carbonyl (C=O) groups is 1. The molecule has 0 spiro atoms. The minimum absolute atomic E-state index is 0.0399. The van der Waals surface area contributed by atoms with Crippen LogP contribution >= 0.6 is 0 Å². The van der Waals surface area contributed by atoms with Gasteiger partial charge >= 0.3 is 5.97 Å².